The van der Waals surface area contributed by atoms with Gasteiger partial charge in [0.05, 0.1) is 5.69 Å². The Morgan fingerprint density at radius 2 is 2.31 bits per heavy atom. The summed E-state index contributed by atoms with van der Waals surface area (Å²) in [5, 5.41) is 8.42. The minimum Gasteiger partial charge on any atom is -0.386 e. The molecule has 1 aromatic carbocycles. The topological polar surface area (TPSA) is 61.4 Å². The first-order valence-electron chi connectivity index (χ1n) is 3.95. The van der Waals surface area contributed by atoms with Crippen molar-refractivity contribution in [3.63, 3.8) is 0 Å². The lowest BCUT2D eigenvalue weighted by molar-refractivity contribution is -0.123. The summed E-state index contributed by atoms with van der Waals surface area (Å²) in [5.41, 5.74) is 6.91. The van der Waals surface area contributed by atoms with Gasteiger partial charge in [-0.1, -0.05) is 12.1 Å². The standard InChI is InChI=1S/C9H12N2O2/c1-7-3-2-4-8(5-7)10-11-9(13)6-12/h2-5,10,12H,6H2,1H3,(H,11,13). The molecule has 13 heavy (non-hydrogen) atoms. The number of benzene rings is 1. The van der Waals surface area contributed by atoms with E-state index in [4.69, 9.17) is 5.11 Å². The molecule has 0 bridgehead atoms. The van der Waals surface area contributed by atoms with Crippen molar-refractivity contribution >= 4 is 11.6 Å². The smallest absolute Gasteiger partial charge is 0.263 e. The highest BCUT2D eigenvalue weighted by atomic mass is 16.3. The van der Waals surface area contributed by atoms with Gasteiger partial charge in [0.2, 0.25) is 0 Å². The van der Waals surface area contributed by atoms with E-state index >= 15 is 0 Å². The summed E-state index contributed by atoms with van der Waals surface area (Å²) in [6, 6.07) is 7.55. The van der Waals surface area contributed by atoms with Crippen molar-refractivity contribution in [3.05, 3.63) is 29.8 Å². The molecule has 0 heterocycles. The predicted octanol–water partition coefficient (Wildman–Crippen LogP) is 0.430. The second-order valence-corrected chi connectivity index (χ2v) is 2.70. The molecule has 0 aliphatic heterocycles. The summed E-state index contributed by atoms with van der Waals surface area (Å²) in [4.78, 5) is 10.6. The zero-order valence-electron chi connectivity index (χ0n) is 7.37. The monoisotopic (exact) mass is 180 g/mol. The molecule has 4 heteroatoms. The van der Waals surface area contributed by atoms with Crippen molar-refractivity contribution in [2.45, 2.75) is 6.92 Å². The minimum atomic E-state index is -0.515. The van der Waals surface area contributed by atoms with Gasteiger partial charge in [0.25, 0.3) is 5.91 Å². The Kier molecular flexibility index (Phi) is 3.28. The van der Waals surface area contributed by atoms with Gasteiger partial charge in [0, 0.05) is 0 Å². The van der Waals surface area contributed by atoms with E-state index in [-0.39, 0.29) is 0 Å². The number of nitrogens with one attached hydrogen (secondary N) is 2. The molecule has 0 spiro atoms. The van der Waals surface area contributed by atoms with Crippen molar-refractivity contribution in [1.29, 1.82) is 0 Å². The van der Waals surface area contributed by atoms with Crippen LogP contribution in [0.2, 0.25) is 0 Å². The Hall–Kier alpha value is -1.55. The molecular formula is C9H12N2O2. The molecule has 1 amide bonds. The van der Waals surface area contributed by atoms with Gasteiger partial charge in [-0.05, 0) is 24.6 Å². The molecule has 0 aromatic heterocycles. The molecule has 0 saturated carbocycles. The number of aliphatic hydroxyl groups excluding tert-OH is 1. The van der Waals surface area contributed by atoms with E-state index in [1.165, 1.54) is 0 Å². The molecule has 0 saturated heterocycles. The van der Waals surface area contributed by atoms with Crippen LogP contribution in [0.3, 0.4) is 0 Å². The van der Waals surface area contributed by atoms with Crippen molar-refractivity contribution < 1.29 is 9.90 Å². The number of amides is 1. The van der Waals surface area contributed by atoms with Gasteiger partial charge in [-0.15, -0.1) is 0 Å². The normalized spacial score (nSPS) is 9.38. The average Bonchev–Trinajstić information content (AvgIpc) is 2.14. The largest absolute Gasteiger partial charge is 0.386 e. The number of aliphatic hydroxyl groups is 1. The maximum Gasteiger partial charge on any atom is 0.263 e. The van der Waals surface area contributed by atoms with Gasteiger partial charge in [-0.3, -0.25) is 15.6 Å². The van der Waals surface area contributed by atoms with Gasteiger partial charge in [0.15, 0.2) is 0 Å². The van der Waals surface area contributed by atoms with E-state index in [1.807, 2.05) is 31.2 Å². The van der Waals surface area contributed by atoms with E-state index in [0.717, 1.165) is 11.3 Å². The average molecular weight is 180 g/mol. The molecule has 0 atom stereocenters. The van der Waals surface area contributed by atoms with Crippen LogP contribution in [0.15, 0.2) is 24.3 Å². The van der Waals surface area contributed by atoms with Crippen LogP contribution in [0, 0.1) is 6.92 Å². The van der Waals surface area contributed by atoms with Crippen LogP contribution in [0.1, 0.15) is 5.56 Å². The lowest BCUT2D eigenvalue weighted by Crippen LogP contribution is -2.31. The summed E-state index contributed by atoms with van der Waals surface area (Å²) in [7, 11) is 0. The molecule has 3 N–H and O–H groups in total. The maximum absolute atomic E-state index is 10.6. The number of carbonyl (C=O) groups excluding carboxylic acids is 1. The number of carbonyl (C=O) groups is 1. The van der Waals surface area contributed by atoms with Gasteiger partial charge in [0.1, 0.15) is 6.61 Å². The SMILES string of the molecule is Cc1cccc(NNC(=O)CO)c1. The minimum absolute atomic E-state index is 0.457. The third-order valence-corrected chi connectivity index (χ3v) is 1.51. The quantitative estimate of drug-likeness (QED) is 0.591. The van der Waals surface area contributed by atoms with Crippen LogP contribution in [0.4, 0.5) is 5.69 Å². The second-order valence-electron chi connectivity index (χ2n) is 2.70. The summed E-state index contributed by atoms with van der Waals surface area (Å²) in [6.45, 7) is 1.44. The Balaban J connectivity index is 2.50. The molecule has 4 nitrogen and oxygen atoms in total. The molecule has 0 radical (unpaired) electrons. The van der Waals surface area contributed by atoms with E-state index < -0.39 is 12.5 Å². The predicted molar refractivity (Wildman–Crippen MR) is 50.0 cm³/mol. The number of rotatable bonds is 3. The fraction of sp³-hybridized carbons (Fsp3) is 0.222. The van der Waals surface area contributed by atoms with Crippen molar-refractivity contribution in [2.75, 3.05) is 12.0 Å². The molecule has 0 unspecified atom stereocenters. The van der Waals surface area contributed by atoms with Gasteiger partial charge in [-0.2, -0.15) is 0 Å². The highest BCUT2D eigenvalue weighted by Gasteiger charge is 1.96. The molecule has 1 aromatic rings. The summed E-state index contributed by atoms with van der Waals surface area (Å²) >= 11 is 0. The Bertz CT molecular complexity index is 299. The summed E-state index contributed by atoms with van der Waals surface area (Å²) in [6.07, 6.45) is 0. The molecular weight excluding hydrogens is 168 g/mol. The lowest BCUT2D eigenvalue weighted by atomic mass is 10.2. The lowest BCUT2D eigenvalue weighted by Gasteiger charge is -2.07. The Morgan fingerprint density at radius 1 is 1.54 bits per heavy atom. The number of hydrazine groups is 1. The third kappa shape index (κ3) is 3.13. The van der Waals surface area contributed by atoms with Crippen molar-refractivity contribution in [3.8, 4) is 0 Å². The number of hydrogen-bond acceptors (Lipinski definition) is 3. The van der Waals surface area contributed by atoms with E-state index in [1.54, 1.807) is 0 Å². The number of hydrogen-bond donors (Lipinski definition) is 3. The van der Waals surface area contributed by atoms with Crippen LogP contribution >= 0.6 is 0 Å². The van der Waals surface area contributed by atoms with Crippen LogP contribution in [-0.2, 0) is 4.79 Å². The first-order chi connectivity index (χ1) is 6.22. The third-order valence-electron chi connectivity index (χ3n) is 1.51. The van der Waals surface area contributed by atoms with Gasteiger partial charge in [-0.25, -0.2) is 0 Å². The Morgan fingerprint density at radius 3 is 2.92 bits per heavy atom. The van der Waals surface area contributed by atoms with E-state index in [0.29, 0.717) is 0 Å². The van der Waals surface area contributed by atoms with Gasteiger partial charge >= 0.3 is 0 Å². The highest BCUT2D eigenvalue weighted by Crippen LogP contribution is 2.07. The molecule has 0 fully saturated rings. The van der Waals surface area contributed by atoms with Crippen LogP contribution in [-0.4, -0.2) is 17.6 Å². The first-order valence-corrected chi connectivity index (χ1v) is 3.95. The van der Waals surface area contributed by atoms with Crippen LogP contribution < -0.4 is 10.9 Å². The first kappa shape index (κ1) is 9.54. The fourth-order valence-corrected chi connectivity index (χ4v) is 0.904. The molecule has 70 valence electrons. The zero-order chi connectivity index (χ0) is 9.68. The van der Waals surface area contributed by atoms with Crippen LogP contribution in [0.25, 0.3) is 0 Å². The number of anilines is 1. The van der Waals surface area contributed by atoms with E-state index in [9.17, 15) is 4.79 Å². The fourth-order valence-electron chi connectivity index (χ4n) is 0.904. The zero-order valence-corrected chi connectivity index (χ0v) is 7.37. The van der Waals surface area contributed by atoms with Crippen molar-refractivity contribution in [1.82, 2.24) is 5.43 Å². The molecule has 0 aliphatic carbocycles. The van der Waals surface area contributed by atoms with Gasteiger partial charge < -0.3 is 5.11 Å². The Labute approximate surface area is 76.6 Å². The summed E-state index contributed by atoms with van der Waals surface area (Å²) in [5.74, 6) is -0.457. The number of aryl methyl sites for hydroxylation is 1. The maximum atomic E-state index is 10.6. The molecule has 0 aliphatic rings. The highest BCUT2D eigenvalue weighted by molar-refractivity contribution is 5.78. The van der Waals surface area contributed by atoms with Crippen LogP contribution in [0.5, 0.6) is 0 Å². The van der Waals surface area contributed by atoms with E-state index in [2.05, 4.69) is 10.9 Å². The molecule has 1 rings (SSSR count). The van der Waals surface area contributed by atoms with Crippen molar-refractivity contribution in [2.24, 2.45) is 0 Å². The summed E-state index contributed by atoms with van der Waals surface area (Å²) < 4.78 is 0. The second kappa shape index (κ2) is 4.47.